The third-order valence-electron chi connectivity index (χ3n) is 4.20. The Bertz CT molecular complexity index is 1190. The highest BCUT2D eigenvalue weighted by molar-refractivity contribution is 6.36. The van der Waals surface area contributed by atoms with E-state index in [1.807, 2.05) is 0 Å². The van der Waals surface area contributed by atoms with Gasteiger partial charge < -0.3 is 5.32 Å². The summed E-state index contributed by atoms with van der Waals surface area (Å²) < 4.78 is 15.3. The molecule has 2 aromatic heterocycles. The summed E-state index contributed by atoms with van der Waals surface area (Å²) in [6.45, 7) is 0.256. The fourth-order valence-electron chi connectivity index (χ4n) is 2.77. The van der Waals surface area contributed by atoms with Crippen LogP contribution in [0.1, 0.15) is 16.1 Å². The molecule has 0 atom stereocenters. The molecule has 0 aliphatic heterocycles. The van der Waals surface area contributed by atoms with Gasteiger partial charge in [0, 0.05) is 28.4 Å². The third-order valence-corrected chi connectivity index (χ3v) is 4.75. The number of amides is 1. The van der Waals surface area contributed by atoms with Crippen molar-refractivity contribution in [2.45, 2.75) is 6.54 Å². The van der Waals surface area contributed by atoms with Crippen molar-refractivity contribution in [1.29, 1.82) is 0 Å². The largest absolute Gasteiger partial charge is 0.304 e. The molecule has 0 aliphatic rings. The molecule has 2 N–H and O–H groups in total. The zero-order chi connectivity index (χ0) is 20.4. The van der Waals surface area contributed by atoms with E-state index in [4.69, 9.17) is 23.2 Å². The number of benzene rings is 2. The summed E-state index contributed by atoms with van der Waals surface area (Å²) >= 11 is 12.1. The highest BCUT2D eigenvalue weighted by Crippen LogP contribution is 2.29. The first-order chi connectivity index (χ1) is 14.0. The van der Waals surface area contributed by atoms with Gasteiger partial charge in [-0.15, -0.1) is 0 Å². The topological polar surface area (TPSA) is 75.6 Å². The van der Waals surface area contributed by atoms with Crippen molar-refractivity contribution in [3.05, 3.63) is 87.9 Å². The molecule has 1 amide bonds. The number of hydrogen-bond donors (Lipinski definition) is 2. The number of rotatable bonds is 5. The molecule has 2 aromatic carbocycles. The van der Waals surface area contributed by atoms with Crippen LogP contribution in [0.4, 0.5) is 10.2 Å². The fraction of sp³-hybridized carbons (Fsp3) is 0.0500. The lowest BCUT2D eigenvalue weighted by Crippen LogP contribution is -2.13. The molecule has 0 saturated heterocycles. The highest BCUT2D eigenvalue weighted by Gasteiger charge is 2.14. The van der Waals surface area contributed by atoms with Gasteiger partial charge in [-0.1, -0.05) is 41.4 Å². The molecule has 146 valence electrons. The van der Waals surface area contributed by atoms with Gasteiger partial charge in [0.2, 0.25) is 0 Å². The first kappa shape index (κ1) is 19.2. The predicted octanol–water partition coefficient (Wildman–Crippen LogP) is 5.02. The van der Waals surface area contributed by atoms with Crippen LogP contribution in [-0.2, 0) is 6.54 Å². The predicted molar refractivity (Wildman–Crippen MR) is 110 cm³/mol. The first-order valence-electron chi connectivity index (χ1n) is 8.58. The number of H-pyrrole nitrogens is 1. The Morgan fingerprint density at radius 1 is 1.14 bits per heavy atom. The first-order valence-corrected chi connectivity index (χ1v) is 9.34. The Morgan fingerprint density at radius 2 is 1.97 bits per heavy atom. The summed E-state index contributed by atoms with van der Waals surface area (Å²) in [5.41, 5.74) is 1.92. The van der Waals surface area contributed by atoms with Crippen molar-refractivity contribution in [2.75, 3.05) is 5.32 Å². The highest BCUT2D eigenvalue weighted by atomic mass is 35.5. The van der Waals surface area contributed by atoms with Gasteiger partial charge in [-0.2, -0.15) is 10.2 Å². The van der Waals surface area contributed by atoms with Crippen molar-refractivity contribution in [2.24, 2.45) is 0 Å². The number of carbonyl (C=O) groups excluding carboxylic acids is 1. The normalized spacial score (nSPS) is 10.9. The monoisotopic (exact) mass is 429 g/mol. The average Bonchev–Trinajstić information content (AvgIpc) is 3.33. The van der Waals surface area contributed by atoms with Crippen LogP contribution >= 0.6 is 23.2 Å². The number of anilines is 1. The molecular weight excluding hydrogens is 416 g/mol. The van der Waals surface area contributed by atoms with E-state index in [-0.39, 0.29) is 18.1 Å². The van der Waals surface area contributed by atoms with Crippen LogP contribution < -0.4 is 5.32 Å². The van der Waals surface area contributed by atoms with E-state index < -0.39 is 5.91 Å². The molecule has 4 aromatic rings. The summed E-state index contributed by atoms with van der Waals surface area (Å²) in [5, 5.41) is 14.7. The smallest absolute Gasteiger partial charge is 0.274 e. The summed E-state index contributed by atoms with van der Waals surface area (Å²) in [5.74, 6) is -0.378. The van der Waals surface area contributed by atoms with Gasteiger partial charge in [0.25, 0.3) is 5.91 Å². The number of halogens is 3. The van der Waals surface area contributed by atoms with Gasteiger partial charge in [0.05, 0.1) is 17.3 Å². The zero-order valence-electron chi connectivity index (χ0n) is 14.9. The quantitative estimate of drug-likeness (QED) is 0.467. The van der Waals surface area contributed by atoms with E-state index in [1.165, 1.54) is 6.07 Å². The van der Waals surface area contributed by atoms with Crippen molar-refractivity contribution in [1.82, 2.24) is 20.0 Å². The van der Waals surface area contributed by atoms with Crippen molar-refractivity contribution in [3.8, 4) is 11.3 Å². The number of nitrogens with one attached hydrogen (secondary N) is 2. The molecule has 0 radical (unpaired) electrons. The lowest BCUT2D eigenvalue weighted by Gasteiger charge is -2.03. The van der Waals surface area contributed by atoms with Crippen molar-refractivity contribution in [3.63, 3.8) is 0 Å². The Kier molecular flexibility index (Phi) is 5.33. The number of nitrogens with zero attached hydrogens (tertiary/aromatic N) is 3. The van der Waals surface area contributed by atoms with Gasteiger partial charge in [-0.25, -0.2) is 4.39 Å². The molecule has 6 nitrogen and oxygen atoms in total. The van der Waals surface area contributed by atoms with Crippen LogP contribution in [0, 0.1) is 5.82 Å². The van der Waals surface area contributed by atoms with E-state index >= 15 is 0 Å². The Hall–Kier alpha value is -3.16. The molecule has 0 fully saturated rings. The second kappa shape index (κ2) is 8.06. The van der Waals surface area contributed by atoms with Gasteiger partial charge >= 0.3 is 0 Å². The second-order valence-electron chi connectivity index (χ2n) is 6.24. The van der Waals surface area contributed by atoms with E-state index in [2.05, 4.69) is 20.6 Å². The maximum absolute atomic E-state index is 13.8. The molecular formula is C20H14Cl2FN5O. The average molecular weight is 430 g/mol. The Balaban J connectivity index is 1.46. The second-order valence-corrected chi connectivity index (χ2v) is 7.08. The minimum absolute atomic E-state index is 0.245. The van der Waals surface area contributed by atoms with Crippen LogP contribution in [0.25, 0.3) is 11.3 Å². The number of aromatic amines is 1. The minimum atomic E-state index is -0.412. The van der Waals surface area contributed by atoms with Gasteiger partial charge in [0.1, 0.15) is 11.5 Å². The van der Waals surface area contributed by atoms with E-state index in [9.17, 15) is 9.18 Å². The maximum Gasteiger partial charge on any atom is 0.274 e. The fourth-order valence-corrected chi connectivity index (χ4v) is 3.28. The lowest BCUT2D eigenvalue weighted by molar-refractivity contribution is 0.102. The van der Waals surface area contributed by atoms with Crippen molar-refractivity contribution >= 4 is 34.9 Å². The van der Waals surface area contributed by atoms with E-state index in [0.29, 0.717) is 32.7 Å². The molecule has 0 saturated carbocycles. The van der Waals surface area contributed by atoms with Crippen molar-refractivity contribution < 1.29 is 9.18 Å². The van der Waals surface area contributed by atoms with E-state index in [0.717, 1.165) is 0 Å². The zero-order valence-corrected chi connectivity index (χ0v) is 16.4. The van der Waals surface area contributed by atoms with Gasteiger partial charge in [-0.05, 0) is 30.3 Å². The molecule has 0 aliphatic carbocycles. The Morgan fingerprint density at radius 3 is 2.76 bits per heavy atom. The van der Waals surface area contributed by atoms with Gasteiger partial charge in [-0.3, -0.25) is 14.6 Å². The molecule has 29 heavy (non-hydrogen) atoms. The number of carbonyl (C=O) groups is 1. The SMILES string of the molecule is O=C(Nc1ccn(Cc2ccccc2F)n1)c1cc(-c2ccc(Cl)cc2Cl)n[nH]1. The summed E-state index contributed by atoms with van der Waals surface area (Å²) in [6.07, 6.45) is 1.66. The lowest BCUT2D eigenvalue weighted by atomic mass is 10.1. The molecule has 4 rings (SSSR count). The summed E-state index contributed by atoms with van der Waals surface area (Å²) in [6, 6.07) is 14.7. The molecule has 0 unspecified atom stereocenters. The maximum atomic E-state index is 13.8. The molecule has 2 heterocycles. The summed E-state index contributed by atoms with van der Waals surface area (Å²) in [7, 11) is 0. The van der Waals surface area contributed by atoms with Crippen LogP contribution in [0.5, 0.6) is 0 Å². The van der Waals surface area contributed by atoms with Gasteiger partial charge in [0.15, 0.2) is 5.82 Å². The summed E-state index contributed by atoms with van der Waals surface area (Å²) in [4.78, 5) is 12.5. The third kappa shape index (κ3) is 4.31. The molecule has 0 spiro atoms. The van der Waals surface area contributed by atoms with E-state index in [1.54, 1.807) is 59.4 Å². The van der Waals surface area contributed by atoms with Crippen LogP contribution in [0.2, 0.25) is 10.0 Å². The number of hydrogen-bond acceptors (Lipinski definition) is 3. The molecule has 9 heteroatoms. The minimum Gasteiger partial charge on any atom is -0.304 e. The standard InChI is InChI=1S/C20H14Cl2FN5O/c21-13-5-6-14(15(22)9-13)17-10-18(26-25-17)20(29)24-19-7-8-28(27-19)11-12-3-1-2-4-16(12)23/h1-10H,11H2,(H,25,26)(H,24,27,29). The number of aromatic nitrogens is 4. The van der Waals surface area contributed by atoms with Crippen LogP contribution in [0.3, 0.4) is 0 Å². The molecule has 0 bridgehead atoms. The van der Waals surface area contributed by atoms with Crippen LogP contribution in [0.15, 0.2) is 60.8 Å². The van der Waals surface area contributed by atoms with Crippen LogP contribution in [-0.4, -0.2) is 25.9 Å². The Labute approximate surface area is 175 Å².